The number of ether oxygens (including phenoxy) is 1. The van der Waals surface area contributed by atoms with Crippen molar-refractivity contribution in [3.05, 3.63) is 0 Å². The van der Waals surface area contributed by atoms with Gasteiger partial charge in [-0.1, -0.05) is 13.8 Å². The van der Waals surface area contributed by atoms with E-state index in [2.05, 4.69) is 24.1 Å². The second kappa shape index (κ2) is 6.66. The minimum atomic E-state index is -0.561. The van der Waals surface area contributed by atoms with Crippen molar-refractivity contribution < 1.29 is 9.53 Å². The maximum absolute atomic E-state index is 12.4. The molecule has 0 spiro atoms. The van der Waals surface area contributed by atoms with E-state index in [9.17, 15) is 4.79 Å². The van der Waals surface area contributed by atoms with E-state index in [-0.39, 0.29) is 5.97 Å². The lowest BCUT2D eigenvalue weighted by Crippen LogP contribution is -2.58. The van der Waals surface area contributed by atoms with Gasteiger partial charge in [-0.25, -0.2) is 0 Å². The Morgan fingerprint density at radius 3 is 2.48 bits per heavy atom. The first-order valence-corrected chi connectivity index (χ1v) is 8.64. The number of carbonyl (C=O) groups is 1. The van der Waals surface area contributed by atoms with Gasteiger partial charge < -0.3 is 9.64 Å². The molecule has 0 aromatic heterocycles. The van der Waals surface area contributed by atoms with Crippen LogP contribution in [0, 0.1) is 5.41 Å². The monoisotopic (exact) mass is 296 g/mol. The topological polar surface area (TPSA) is 41.6 Å². The van der Waals surface area contributed by atoms with Gasteiger partial charge in [-0.05, 0) is 57.9 Å². The second-order valence-electron chi connectivity index (χ2n) is 7.14. The zero-order valence-electron chi connectivity index (χ0n) is 14.2. The molecule has 1 unspecified atom stereocenters. The van der Waals surface area contributed by atoms with Crippen LogP contribution in [-0.2, 0) is 9.53 Å². The summed E-state index contributed by atoms with van der Waals surface area (Å²) in [6.45, 7) is 11.9. The van der Waals surface area contributed by atoms with E-state index in [0.717, 1.165) is 19.6 Å². The van der Waals surface area contributed by atoms with Crippen LogP contribution in [-0.4, -0.2) is 48.7 Å². The third kappa shape index (κ3) is 3.98. The van der Waals surface area contributed by atoms with Gasteiger partial charge in [0.15, 0.2) is 0 Å². The largest absolute Gasteiger partial charge is 0.465 e. The lowest BCUT2D eigenvalue weighted by molar-refractivity contribution is -0.151. The van der Waals surface area contributed by atoms with E-state index < -0.39 is 5.54 Å². The highest BCUT2D eigenvalue weighted by Gasteiger charge is 2.44. The van der Waals surface area contributed by atoms with Gasteiger partial charge in [0.05, 0.1) is 6.61 Å². The number of carbonyl (C=O) groups excluding carboxylic acids is 1. The fourth-order valence-corrected chi connectivity index (χ4v) is 3.57. The average molecular weight is 296 g/mol. The van der Waals surface area contributed by atoms with Gasteiger partial charge >= 0.3 is 5.97 Å². The zero-order valence-corrected chi connectivity index (χ0v) is 14.2. The minimum Gasteiger partial charge on any atom is -0.465 e. The van der Waals surface area contributed by atoms with E-state index in [4.69, 9.17) is 4.74 Å². The molecule has 1 saturated heterocycles. The molecular formula is C17H32N2O2. The predicted molar refractivity (Wildman–Crippen MR) is 85.3 cm³/mol. The molecular weight excluding hydrogens is 264 g/mol. The number of nitrogens with one attached hydrogen (secondary N) is 1. The van der Waals surface area contributed by atoms with Crippen LogP contribution in [0.1, 0.15) is 59.8 Å². The van der Waals surface area contributed by atoms with Crippen molar-refractivity contribution in [3.63, 3.8) is 0 Å². The summed E-state index contributed by atoms with van der Waals surface area (Å²) in [5.41, 5.74) is -0.107. The maximum Gasteiger partial charge on any atom is 0.327 e. The first-order valence-electron chi connectivity index (χ1n) is 8.64. The second-order valence-corrected chi connectivity index (χ2v) is 7.14. The lowest BCUT2D eigenvalue weighted by atomic mass is 9.82. The van der Waals surface area contributed by atoms with Gasteiger partial charge in [0.2, 0.25) is 0 Å². The molecule has 0 bridgehead atoms. The maximum atomic E-state index is 12.4. The van der Waals surface area contributed by atoms with Gasteiger partial charge in [-0.15, -0.1) is 0 Å². The standard InChI is InChI=1S/C17H32N2O2/c1-5-17(6-2)10-11-19(13-17)12-16(4,15(20)21-7-3)18-14-8-9-14/h14,18H,5-13H2,1-4H3. The molecule has 0 amide bonds. The Morgan fingerprint density at radius 2 is 2.00 bits per heavy atom. The summed E-state index contributed by atoms with van der Waals surface area (Å²) in [6, 6.07) is 0.504. The Kier molecular flexibility index (Phi) is 5.31. The van der Waals surface area contributed by atoms with E-state index in [1.807, 2.05) is 13.8 Å². The van der Waals surface area contributed by atoms with Crippen molar-refractivity contribution in [3.8, 4) is 0 Å². The highest BCUT2D eigenvalue weighted by molar-refractivity contribution is 5.80. The van der Waals surface area contributed by atoms with Crippen molar-refractivity contribution in [2.45, 2.75) is 71.4 Å². The molecule has 2 fully saturated rings. The molecule has 0 aromatic carbocycles. The van der Waals surface area contributed by atoms with E-state index in [1.54, 1.807) is 0 Å². The molecule has 0 aromatic rings. The molecule has 4 heteroatoms. The van der Waals surface area contributed by atoms with Crippen LogP contribution in [0.5, 0.6) is 0 Å². The van der Waals surface area contributed by atoms with Crippen LogP contribution in [0.25, 0.3) is 0 Å². The third-order valence-corrected chi connectivity index (χ3v) is 5.38. The molecule has 1 aliphatic heterocycles. The SMILES string of the molecule is CCOC(=O)C(C)(CN1CCC(CC)(CC)C1)NC1CC1. The third-order valence-electron chi connectivity index (χ3n) is 5.38. The Balaban J connectivity index is 2.00. The first-order chi connectivity index (χ1) is 9.97. The normalized spacial score (nSPS) is 24.8. The highest BCUT2D eigenvalue weighted by atomic mass is 16.5. The number of nitrogens with zero attached hydrogens (tertiary/aromatic N) is 1. The molecule has 4 nitrogen and oxygen atoms in total. The summed E-state index contributed by atoms with van der Waals surface area (Å²) in [5.74, 6) is -0.0950. The Morgan fingerprint density at radius 1 is 1.33 bits per heavy atom. The number of likely N-dealkylation sites (tertiary alicyclic amines) is 1. The fraction of sp³-hybridized carbons (Fsp3) is 0.941. The summed E-state index contributed by atoms with van der Waals surface area (Å²) >= 11 is 0. The molecule has 1 heterocycles. The average Bonchev–Trinajstić information content (AvgIpc) is 3.17. The van der Waals surface area contributed by atoms with Crippen molar-refractivity contribution in [2.75, 3.05) is 26.2 Å². The number of rotatable bonds is 8. The molecule has 21 heavy (non-hydrogen) atoms. The summed E-state index contributed by atoms with van der Waals surface area (Å²) < 4.78 is 5.32. The van der Waals surface area contributed by atoms with Crippen molar-refractivity contribution in [1.29, 1.82) is 0 Å². The molecule has 2 rings (SSSR count). The zero-order chi connectivity index (χ0) is 15.5. The Bertz CT molecular complexity index is 364. The van der Waals surface area contributed by atoms with Crippen LogP contribution in [0.2, 0.25) is 0 Å². The summed E-state index contributed by atoms with van der Waals surface area (Å²) in [7, 11) is 0. The Hall–Kier alpha value is -0.610. The van der Waals surface area contributed by atoms with E-state index in [0.29, 0.717) is 18.1 Å². The number of hydrogen-bond donors (Lipinski definition) is 1. The van der Waals surface area contributed by atoms with E-state index >= 15 is 0 Å². The molecule has 1 saturated carbocycles. The van der Waals surface area contributed by atoms with Gasteiger partial charge in [0.25, 0.3) is 0 Å². The first kappa shape index (κ1) is 16.8. The molecule has 1 aliphatic carbocycles. The smallest absolute Gasteiger partial charge is 0.327 e. The molecule has 0 radical (unpaired) electrons. The van der Waals surface area contributed by atoms with Crippen LogP contribution >= 0.6 is 0 Å². The summed E-state index contributed by atoms with van der Waals surface area (Å²) in [4.78, 5) is 14.9. The number of esters is 1. The van der Waals surface area contributed by atoms with Crippen LogP contribution in [0.3, 0.4) is 0 Å². The predicted octanol–water partition coefficient (Wildman–Crippen LogP) is 2.57. The van der Waals surface area contributed by atoms with Crippen LogP contribution < -0.4 is 5.32 Å². The van der Waals surface area contributed by atoms with Crippen LogP contribution in [0.4, 0.5) is 0 Å². The number of hydrogen-bond acceptors (Lipinski definition) is 4. The van der Waals surface area contributed by atoms with Crippen molar-refractivity contribution in [1.82, 2.24) is 10.2 Å². The van der Waals surface area contributed by atoms with Gasteiger partial charge in [-0.2, -0.15) is 0 Å². The van der Waals surface area contributed by atoms with Crippen LogP contribution in [0.15, 0.2) is 0 Å². The van der Waals surface area contributed by atoms with Gasteiger partial charge in [0, 0.05) is 19.1 Å². The van der Waals surface area contributed by atoms with Gasteiger partial charge in [0.1, 0.15) is 5.54 Å². The fourth-order valence-electron chi connectivity index (χ4n) is 3.57. The quantitative estimate of drug-likeness (QED) is 0.699. The minimum absolute atomic E-state index is 0.0950. The lowest BCUT2D eigenvalue weighted by Gasteiger charge is -2.34. The highest BCUT2D eigenvalue weighted by Crippen LogP contribution is 2.37. The van der Waals surface area contributed by atoms with E-state index in [1.165, 1.54) is 32.1 Å². The van der Waals surface area contributed by atoms with Crippen molar-refractivity contribution in [2.24, 2.45) is 5.41 Å². The van der Waals surface area contributed by atoms with Gasteiger partial charge in [-0.3, -0.25) is 10.1 Å². The summed E-state index contributed by atoms with van der Waals surface area (Å²) in [6.07, 6.45) is 6.08. The molecule has 2 aliphatic rings. The summed E-state index contributed by atoms with van der Waals surface area (Å²) in [5, 5.41) is 3.53. The molecule has 1 N–H and O–H groups in total. The Labute approximate surface area is 129 Å². The van der Waals surface area contributed by atoms with Crippen molar-refractivity contribution >= 4 is 5.97 Å². The molecule has 122 valence electrons. The molecule has 1 atom stereocenters.